The van der Waals surface area contributed by atoms with Gasteiger partial charge in [-0.25, -0.2) is 0 Å². The SMILES string of the molecule is CC1(O)CN(CO)C1. The summed E-state index contributed by atoms with van der Waals surface area (Å²) >= 11 is 0. The molecule has 0 aromatic rings. The second kappa shape index (κ2) is 1.69. The van der Waals surface area contributed by atoms with Crippen LogP contribution in [-0.2, 0) is 0 Å². The molecule has 0 aliphatic carbocycles. The molecule has 0 spiro atoms. The van der Waals surface area contributed by atoms with Crippen LogP contribution in [-0.4, -0.2) is 40.5 Å². The van der Waals surface area contributed by atoms with Crippen LogP contribution in [0.2, 0.25) is 0 Å². The summed E-state index contributed by atoms with van der Waals surface area (Å²) in [7, 11) is 0. The molecule has 0 amide bonds. The molecule has 1 aliphatic rings. The summed E-state index contributed by atoms with van der Waals surface area (Å²) in [6.45, 7) is 3.03. The fraction of sp³-hybridized carbons (Fsp3) is 1.00. The molecule has 0 unspecified atom stereocenters. The Morgan fingerprint density at radius 2 is 2.12 bits per heavy atom. The molecule has 3 heteroatoms. The van der Waals surface area contributed by atoms with Gasteiger partial charge >= 0.3 is 0 Å². The van der Waals surface area contributed by atoms with E-state index >= 15 is 0 Å². The van der Waals surface area contributed by atoms with Gasteiger partial charge in [-0.1, -0.05) is 0 Å². The summed E-state index contributed by atoms with van der Waals surface area (Å²) in [5.74, 6) is 0. The molecule has 3 nitrogen and oxygen atoms in total. The van der Waals surface area contributed by atoms with Crippen molar-refractivity contribution in [3.05, 3.63) is 0 Å². The fourth-order valence-electron chi connectivity index (χ4n) is 1.02. The molecule has 0 saturated carbocycles. The van der Waals surface area contributed by atoms with Crippen molar-refractivity contribution >= 4 is 0 Å². The van der Waals surface area contributed by atoms with E-state index in [2.05, 4.69) is 0 Å². The highest BCUT2D eigenvalue weighted by Crippen LogP contribution is 2.17. The van der Waals surface area contributed by atoms with Crippen molar-refractivity contribution in [3.63, 3.8) is 0 Å². The molecule has 1 fully saturated rings. The smallest absolute Gasteiger partial charge is 0.0958 e. The van der Waals surface area contributed by atoms with Crippen molar-refractivity contribution in [1.29, 1.82) is 0 Å². The first kappa shape index (κ1) is 6.01. The van der Waals surface area contributed by atoms with E-state index in [4.69, 9.17) is 10.2 Å². The van der Waals surface area contributed by atoms with Crippen LogP contribution in [0, 0.1) is 0 Å². The second-order valence-corrected chi connectivity index (χ2v) is 2.63. The van der Waals surface area contributed by atoms with Gasteiger partial charge in [0.25, 0.3) is 0 Å². The molecule has 0 radical (unpaired) electrons. The van der Waals surface area contributed by atoms with Gasteiger partial charge in [-0.2, -0.15) is 0 Å². The van der Waals surface area contributed by atoms with Crippen LogP contribution in [0.4, 0.5) is 0 Å². The van der Waals surface area contributed by atoms with Gasteiger partial charge < -0.3 is 10.2 Å². The van der Waals surface area contributed by atoms with Gasteiger partial charge in [0.05, 0.1) is 12.3 Å². The van der Waals surface area contributed by atoms with Gasteiger partial charge in [-0.3, -0.25) is 4.90 Å². The molecule has 1 saturated heterocycles. The molecule has 8 heavy (non-hydrogen) atoms. The first-order valence-corrected chi connectivity index (χ1v) is 2.70. The molecule has 0 aromatic carbocycles. The maximum absolute atomic E-state index is 9.06. The number of rotatable bonds is 1. The standard InChI is InChI=1S/C5H11NO2/c1-5(8)2-6(3-5)4-7/h7-8H,2-4H2,1H3. The number of nitrogens with zero attached hydrogens (tertiary/aromatic N) is 1. The van der Waals surface area contributed by atoms with Gasteiger partial charge in [0, 0.05) is 13.1 Å². The Morgan fingerprint density at radius 3 is 2.25 bits per heavy atom. The molecule has 1 rings (SSSR count). The maximum Gasteiger partial charge on any atom is 0.0958 e. The molecular formula is C5H11NO2. The van der Waals surface area contributed by atoms with Crippen molar-refractivity contribution in [1.82, 2.24) is 4.90 Å². The third-order valence-corrected chi connectivity index (χ3v) is 1.33. The van der Waals surface area contributed by atoms with Gasteiger partial charge in [-0.15, -0.1) is 0 Å². The van der Waals surface area contributed by atoms with Crippen molar-refractivity contribution in [3.8, 4) is 0 Å². The van der Waals surface area contributed by atoms with Crippen LogP contribution in [0.15, 0.2) is 0 Å². The van der Waals surface area contributed by atoms with E-state index in [-0.39, 0.29) is 6.73 Å². The minimum Gasteiger partial charge on any atom is -0.388 e. The van der Waals surface area contributed by atoms with Crippen LogP contribution in [0.5, 0.6) is 0 Å². The van der Waals surface area contributed by atoms with E-state index in [1.807, 2.05) is 0 Å². The van der Waals surface area contributed by atoms with Crippen LogP contribution in [0.3, 0.4) is 0 Å². The lowest BCUT2D eigenvalue weighted by atomic mass is 9.98. The zero-order chi connectivity index (χ0) is 6.20. The Morgan fingerprint density at radius 1 is 1.62 bits per heavy atom. The Labute approximate surface area is 48.5 Å². The van der Waals surface area contributed by atoms with Gasteiger partial charge in [0.1, 0.15) is 0 Å². The number of β-amino-alcohol motifs (C(OH)–C–C–N with tert-alkyl or cyclic N) is 1. The molecule has 1 heterocycles. The predicted molar refractivity (Wildman–Crippen MR) is 29.3 cm³/mol. The minimum atomic E-state index is -0.539. The first-order valence-electron chi connectivity index (χ1n) is 2.70. The van der Waals surface area contributed by atoms with E-state index in [9.17, 15) is 0 Å². The topological polar surface area (TPSA) is 43.7 Å². The molecule has 2 N–H and O–H groups in total. The lowest BCUT2D eigenvalue weighted by Gasteiger charge is -2.42. The lowest BCUT2D eigenvalue weighted by molar-refractivity contribution is -0.112. The van der Waals surface area contributed by atoms with Crippen LogP contribution >= 0.6 is 0 Å². The molecular weight excluding hydrogens is 106 g/mol. The van der Waals surface area contributed by atoms with Crippen LogP contribution in [0.1, 0.15) is 6.92 Å². The number of hydrogen-bond acceptors (Lipinski definition) is 3. The highest BCUT2D eigenvalue weighted by molar-refractivity contribution is 4.89. The zero-order valence-electron chi connectivity index (χ0n) is 4.96. The van der Waals surface area contributed by atoms with Crippen LogP contribution in [0.25, 0.3) is 0 Å². The van der Waals surface area contributed by atoms with Crippen LogP contribution < -0.4 is 0 Å². The normalized spacial score (nSPS) is 27.4. The predicted octanol–water partition coefficient (Wildman–Crippen LogP) is -0.997. The summed E-state index contributed by atoms with van der Waals surface area (Å²) in [6, 6.07) is 0. The van der Waals surface area contributed by atoms with Gasteiger partial charge in [-0.05, 0) is 6.92 Å². The van der Waals surface area contributed by atoms with Crippen molar-refractivity contribution < 1.29 is 10.2 Å². The number of likely N-dealkylation sites (tertiary alicyclic amines) is 1. The first-order chi connectivity index (χ1) is 3.64. The summed E-state index contributed by atoms with van der Waals surface area (Å²) in [5.41, 5.74) is -0.539. The molecule has 0 aromatic heterocycles. The third-order valence-electron chi connectivity index (χ3n) is 1.33. The fourth-order valence-corrected chi connectivity index (χ4v) is 1.02. The summed E-state index contributed by atoms with van der Waals surface area (Å²) < 4.78 is 0. The second-order valence-electron chi connectivity index (χ2n) is 2.63. The van der Waals surface area contributed by atoms with E-state index < -0.39 is 5.60 Å². The van der Waals surface area contributed by atoms with Crippen molar-refractivity contribution in [2.45, 2.75) is 12.5 Å². The van der Waals surface area contributed by atoms with E-state index in [0.717, 1.165) is 0 Å². The Kier molecular flexibility index (Phi) is 1.27. The van der Waals surface area contributed by atoms with Gasteiger partial charge in [0.15, 0.2) is 0 Å². The van der Waals surface area contributed by atoms with Crippen molar-refractivity contribution in [2.75, 3.05) is 19.8 Å². The Balaban J connectivity index is 2.21. The lowest BCUT2D eigenvalue weighted by Crippen LogP contribution is -2.59. The maximum atomic E-state index is 9.06. The average molecular weight is 117 g/mol. The quantitative estimate of drug-likeness (QED) is 0.463. The largest absolute Gasteiger partial charge is 0.388 e. The number of hydrogen-bond donors (Lipinski definition) is 2. The summed E-state index contributed by atoms with van der Waals surface area (Å²) in [5, 5.41) is 17.5. The molecule has 1 aliphatic heterocycles. The van der Waals surface area contributed by atoms with Crippen molar-refractivity contribution in [2.24, 2.45) is 0 Å². The highest BCUT2D eigenvalue weighted by atomic mass is 16.3. The average Bonchev–Trinajstić information content (AvgIpc) is 1.60. The monoisotopic (exact) mass is 117 g/mol. The molecule has 0 bridgehead atoms. The highest BCUT2D eigenvalue weighted by Gasteiger charge is 2.35. The van der Waals surface area contributed by atoms with E-state index in [1.165, 1.54) is 0 Å². The van der Waals surface area contributed by atoms with E-state index in [0.29, 0.717) is 13.1 Å². The third kappa shape index (κ3) is 0.992. The van der Waals surface area contributed by atoms with Gasteiger partial charge in [0.2, 0.25) is 0 Å². The molecule has 48 valence electrons. The summed E-state index contributed by atoms with van der Waals surface area (Å²) in [4.78, 5) is 1.76. The Hall–Kier alpha value is -0.120. The zero-order valence-corrected chi connectivity index (χ0v) is 4.96. The summed E-state index contributed by atoms with van der Waals surface area (Å²) in [6.07, 6.45) is 0. The molecule has 0 atom stereocenters. The number of aliphatic hydroxyl groups excluding tert-OH is 1. The minimum absolute atomic E-state index is 0.0656. The van der Waals surface area contributed by atoms with E-state index in [1.54, 1.807) is 11.8 Å². The number of aliphatic hydroxyl groups is 2. The Bertz CT molecular complexity index is 84.4.